The molecule has 156 valence electrons. The number of benzene rings is 2. The number of carbonyl (C=O) groups excluding carboxylic acids is 2. The molecule has 1 amide bonds. The molecule has 0 saturated carbocycles. The van der Waals surface area contributed by atoms with Crippen molar-refractivity contribution in [3.63, 3.8) is 0 Å². The second-order valence-electron chi connectivity index (χ2n) is 6.67. The average Bonchev–Trinajstić information content (AvgIpc) is 3.15. The molecular formula is C22H21ClN2O4S. The number of hydrogen-bond acceptors (Lipinski definition) is 5. The molecule has 0 radical (unpaired) electrons. The average molecular weight is 445 g/mol. The summed E-state index contributed by atoms with van der Waals surface area (Å²) in [6.07, 6.45) is 0.481. The van der Waals surface area contributed by atoms with Crippen molar-refractivity contribution in [2.45, 2.75) is 25.8 Å². The molecule has 0 saturated heterocycles. The van der Waals surface area contributed by atoms with Crippen LogP contribution in [0.25, 0.3) is 11.1 Å². The fourth-order valence-corrected chi connectivity index (χ4v) is 3.81. The highest BCUT2D eigenvalue weighted by molar-refractivity contribution is 7.08. The Bertz CT molecular complexity index is 1070. The summed E-state index contributed by atoms with van der Waals surface area (Å²) >= 11 is 7.02. The van der Waals surface area contributed by atoms with Crippen molar-refractivity contribution in [2.24, 2.45) is 0 Å². The van der Waals surface area contributed by atoms with Gasteiger partial charge in [-0.2, -0.15) is 0 Å². The van der Waals surface area contributed by atoms with Gasteiger partial charge in [0.25, 0.3) is 11.5 Å². The second-order valence-corrected chi connectivity index (χ2v) is 7.95. The maximum Gasteiger partial charge on any atom is 0.307 e. The summed E-state index contributed by atoms with van der Waals surface area (Å²) in [5, 5.41) is 3.50. The van der Waals surface area contributed by atoms with E-state index in [4.69, 9.17) is 16.3 Å². The van der Waals surface area contributed by atoms with Gasteiger partial charge in [0, 0.05) is 17.1 Å². The summed E-state index contributed by atoms with van der Waals surface area (Å²) in [7, 11) is 0. The van der Waals surface area contributed by atoms with Gasteiger partial charge in [0.2, 0.25) is 0 Å². The third kappa shape index (κ3) is 6.05. The van der Waals surface area contributed by atoms with Crippen LogP contribution in [0.3, 0.4) is 0 Å². The van der Waals surface area contributed by atoms with Crippen molar-refractivity contribution in [2.75, 3.05) is 6.61 Å². The Balaban J connectivity index is 1.73. The van der Waals surface area contributed by atoms with Gasteiger partial charge in [-0.3, -0.25) is 18.8 Å². The third-order valence-electron chi connectivity index (χ3n) is 4.40. The molecule has 0 aliphatic heterocycles. The fourth-order valence-electron chi connectivity index (χ4n) is 3.03. The Morgan fingerprint density at radius 3 is 2.53 bits per heavy atom. The van der Waals surface area contributed by atoms with Crippen LogP contribution in [-0.2, 0) is 16.0 Å². The molecule has 2 N–H and O–H groups in total. The van der Waals surface area contributed by atoms with E-state index in [1.54, 1.807) is 6.92 Å². The first-order chi connectivity index (χ1) is 14.4. The number of carbonyl (C=O) groups is 2. The van der Waals surface area contributed by atoms with Gasteiger partial charge in [-0.05, 0) is 42.2 Å². The number of nitrogens with one attached hydrogen (secondary N) is 2. The summed E-state index contributed by atoms with van der Waals surface area (Å²) in [5.41, 5.74) is 2.65. The molecule has 0 spiro atoms. The number of aromatic amines is 1. The zero-order valence-corrected chi connectivity index (χ0v) is 17.9. The SMILES string of the molecule is CCOC(=O)CC(Cc1ccc(-c2cccc(Cl)c2)cc1)NC(=O)c1cc(=O)[nH]s1. The van der Waals surface area contributed by atoms with Crippen molar-refractivity contribution in [1.29, 1.82) is 0 Å². The van der Waals surface area contributed by atoms with Gasteiger partial charge < -0.3 is 10.1 Å². The molecule has 1 atom stereocenters. The number of halogens is 1. The maximum atomic E-state index is 12.4. The highest BCUT2D eigenvalue weighted by Gasteiger charge is 2.20. The number of H-pyrrole nitrogens is 1. The second kappa shape index (κ2) is 10.2. The molecule has 0 aliphatic carbocycles. The Labute approximate surface area is 183 Å². The predicted molar refractivity (Wildman–Crippen MR) is 118 cm³/mol. The molecule has 30 heavy (non-hydrogen) atoms. The van der Waals surface area contributed by atoms with E-state index in [0.29, 0.717) is 11.4 Å². The van der Waals surface area contributed by atoms with Crippen LogP contribution < -0.4 is 10.9 Å². The quantitative estimate of drug-likeness (QED) is 0.513. The van der Waals surface area contributed by atoms with E-state index in [-0.39, 0.29) is 29.4 Å². The van der Waals surface area contributed by atoms with Crippen LogP contribution in [0.2, 0.25) is 5.02 Å². The lowest BCUT2D eigenvalue weighted by atomic mass is 9.99. The lowest BCUT2D eigenvalue weighted by Gasteiger charge is -2.18. The third-order valence-corrected chi connectivity index (χ3v) is 5.46. The topological polar surface area (TPSA) is 88.3 Å². The van der Waals surface area contributed by atoms with E-state index in [1.807, 2.05) is 48.5 Å². The van der Waals surface area contributed by atoms with Gasteiger partial charge in [0.1, 0.15) is 4.88 Å². The van der Waals surface area contributed by atoms with Crippen LogP contribution in [0.1, 0.15) is 28.6 Å². The smallest absolute Gasteiger partial charge is 0.307 e. The molecule has 2 aromatic carbocycles. The minimum Gasteiger partial charge on any atom is -0.466 e. The largest absolute Gasteiger partial charge is 0.466 e. The lowest BCUT2D eigenvalue weighted by Crippen LogP contribution is -2.38. The van der Waals surface area contributed by atoms with Crippen LogP contribution in [0.15, 0.2) is 59.4 Å². The molecule has 0 bridgehead atoms. The zero-order chi connectivity index (χ0) is 21.5. The summed E-state index contributed by atoms with van der Waals surface area (Å²) in [6.45, 7) is 2.00. The minimum absolute atomic E-state index is 0.0367. The van der Waals surface area contributed by atoms with E-state index in [0.717, 1.165) is 28.2 Å². The van der Waals surface area contributed by atoms with Crippen molar-refractivity contribution in [3.05, 3.63) is 80.4 Å². The van der Waals surface area contributed by atoms with Gasteiger partial charge in [0.15, 0.2) is 0 Å². The van der Waals surface area contributed by atoms with Gasteiger partial charge in [0.05, 0.1) is 13.0 Å². The number of hydrogen-bond donors (Lipinski definition) is 2. The fraction of sp³-hybridized carbons (Fsp3) is 0.227. The maximum absolute atomic E-state index is 12.4. The number of ether oxygens (including phenoxy) is 1. The first-order valence-corrected chi connectivity index (χ1v) is 10.6. The molecule has 6 nitrogen and oxygen atoms in total. The molecule has 1 unspecified atom stereocenters. The van der Waals surface area contributed by atoms with E-state index >= 15 is 0 Å². The summed E-state index contributed by atoms with van der Waals surface area (Å²) in [6, 6.07) is 16.2. The highest BCUT2D eigenvalue weighted by atomic mass is 35.5. The molecule has 3 aromatic rings. The van der Waals surface area contributed by atoms with Crippen LogP contribution in [-0.4, -0.2) is 28.9 Å². The van der Waals surface area contributed by atoms with Crippen molar-refractivity contribution in [3.8, 4) is 11.1 Å². The first kappa shape index (κ1) is 21.8. The molecule has 1 aromatic heterocycles. The zero-order valence-electron chi connectivity index (χ0n) is 16.3. The summed E-state index contributed by atoms with van der Waals surface area (Å²) < 4.78 is 7.52. The minimum atomic E-state index is -0.467. The molecule has 0 aliphatic rings. The standard InChI is InChI=1S/C22H21ClN2O4S/c1-2-29-21(27)12-18(24-22(28)19-13-20(26)25-30-19)10-14-6-8-15(9-7-14)16-4-3-5-17(23)11-16/h3-9,11,13,18H,2,10,12H2,1H3,(H,24,28)(H,25,26). The van der Waals surface area contributed by atoms with Crippen molar-refractivity contribution < 1.29 is 14.3 Å². The Morgan fingerprint density at radius 1 is 1.13 bits per heavy atom. The van der Waals surface area contributed by atoms with Crippen LogP contribution in [0.4, 0.5) is 0 Å². The number of amides is 1. The van der Waals surface area contributed by atoms with Crippen LogP contribution >= 0.6 is 23.1 Å². The number of rotatable bonds is 8. The monoisotopic (exact) mass is 444 g/mol. The van der Waals surface area contributed by atoms with Gasteiger partial charge in [-0.15, -0.1) is 0 Å². The van der Waals surface area contributed by atoms with Gasteiger partial charge in [-0.1, -0.05) is 59.5 Å². The Morgan fingerprint density at radius 2 is 1.90 bits per heavy atom. The summed E-state index contributed by atoms with van der Waals surface area (Å²) in [4.78, 5) is 36.0. The Hall–Kier alpha value is -2.90. The van der Waals surface area contributed by atoms with E-state index in [9.17, 15) is 14.4 Å². The van der Waals surface area contributed by atoms with Gasteiger partial charge >= 0.3 is 5.97 Å². The first-order valence-electron chi connectivity index (χ1n) is 9.44. The van der Waals surface area contributed by atoms with Crippen LogP contribution in [0.5, 0.6) is 0 Å². The number of esters is 1. The molecule has 8 heteroatoms. The summed E-state index contributed by atoms with van der Waals surface area (Å²) in [5.74, 6) is -0.788. The Kier molecular flexibility index (Phi) is 7.43. The lowest BCUT2D eigenvalue weighted by molar-refractivity contribution is -0.143. The van der Waals surface area contributed by atoms with E-state index < -0.39 is 11.9 Å². The van der Waals surface area contributed by atoms with Gasteiger partial charge in [-0.25, -0.2) is 0 Å². The van der Waals surface area contributed by atoms with Crippen molar-refractivity contribution in [1.82, 2.24) is 9.69 Å². The predicted octanol–water partition coefficient (Wildman–Crippen LogP) is 4.05. The van der Waals surface area contributed by atoms with Crippen LogP contribution in [0, 0.1) is 0 Å². The normalized spacial score (nSPS) is 11.7. The highest BCUT2D eigenvalue weighted by Crippen LogP contribution is 2.23. The molecule has 1 heterocycles. The molecule has 0 fully saturated rings. The van der Waals surface area contributed by atoms with Crippen molar-refractivity contribution >= 4 is 35.0 Å². The van der Waals surface area contributed by atoms with E-state index in [1.165, 1.54) is 6.07 Å². The number of aromatic nitrogens is 1. The molecular weight excluding hydrogens is 424 g/mol. The molecule has 3 rings (SSSR count). The van der Waals surface area contributed by atoms with E-state index in [2.05, 4.69) is 9.69 Å².